The molecule has 3 heteroatoms. The van der Waals surface area contributed by atoms with E-state index >= 15 is 0 Å². The van der Waals surface area contributed by atoms with Gasteiger partial charge in [-0.25, -0.2) is 0 Å². The SMILES string of the molecule is CC(=O)c1ccc(NC2(CO)CCCC(C)C2)cc1. The predicted molar refractivity (Wildman–Crippen MR) is 77.5 cm³/mol. The summed E-state index contributed by atoms with van der Waals surface area (Å²) in [7, 11) is 0. The Kier molecular flexibility index (Phi) is 4.25. The van der Waals surface area contributed by atoms with Crippen LogP contribution in [0.2, 0.25) is 0 Å². The lowest BCUT2D eigenvalue weighted by Crippen LogP contribution is -2.45. The van der Waals surface area contributed by atoms with E-state index in [1.165, 1.54) is 6.42 Å². The van der Waals surface area contributed by atoms with Gasteiger partial charge in [-0.3, -0.25) is 4.79 Å². The van der Waals surface area contributed by atoms with Gasteiger partial charge >= 0.3 is 0 Å². The summed E-state index contributed by atoms with van der Waals surface area (Å²) in [4.78, 5) is 11.2. The first-order chi connectivity index (χ1) is 9.04. The largest absolute Gasteiger partial charge is 0.394 e. The monoisotopic (exact) mass is 261 g/mol. The third-order valence-corrected chi connectivity index (χ3v) is 4.10. The van der Waals surface area contributed by atoms with Crippen LogP contribution in [0.25, 0.3) is 0 Å². The standard InChI is InChI=1S/C16H23NO2/c1-12-4-3-9-16(10-12,11-18)17-15-7-5-14(6-8-15)13(2)19/h5-8,12,17-18H,3-4,9-11H2,1-2H3. The van der Waals surface area contributed by atoms with Crippen LogP contribution in [0, 0.1) is 5.92 Å². The molecule has 1 aliphatic carbocycles. The van der Waals surface area contributed by atoms with Crippen LogP contribution in [0.15, 0.2) is 24.3 Å². The number of Topliss-reactive ketones (excluding diaryl/α,β-unsaturated/α-hetero) is 1. The van der Waals surface area contributed by atoms with Crippen LogP contribution in [0.3, 0.4) is 0 Å². The van der Waals surface area contributed by atoms with Crippen LogP contribution >= 0.6 is 0 Å². The van der Waals surface area contributed by atoms with E-state index < -0.39 is 0 Å². The normalized spacial score (nSPS) is 27.0. The number of anilines is 1. The van der Waals surface area contributed by atoms with Crippen molar-refractivity contribution in [3.63, 3.8) is 0 Å². The van der Waals surface area contributed by atoms with Crippen molar-refractivity contribution >= 4 is 11.5 Å². The summed E-state index contributed by atoms with van der Waals surface area (Å²) in [6.45, 7) is 3.97. The Balaban J connectivity index is 2.11. The lowest BCUT2D eigenvalue weighted by Gasteiger charge is -2.40. The van der Waals surface area contributed by atoms with Crippen molar-refractivity contribution in [2.75, 3.05) is 11.9 Å². The number of hydrogen-bond acceptors (Lipinski definition) is 3. The second kappa shape index (κ2) is 5.74. The highest BCUT2D eigenvalue weighted by Gasteiger charge is 2.34. The van der Waals surface area contributed by atoms with E-state index in [4.69, 9.17) is 0 Å². The lowest BCUT2D eigenvalue weighted by molar-refractivity contribution is 0.101. The number of hydrogen-bond donors (Lipinski definition) is 2. The van der Waals surface area contributed by atoms with Crippen LogP contribution in [-0.2, 0) is 0 Å². The topological polar surface area (TPSA) is 49.3 Å². The molecule has 1 aromatic rings. The Morgan fingerprint density at radius 3 is 2.63 bits per heavy atom. The molecule has 0 heterocycles. The van der Waals surface area contributed by atoms with Crippen molar-refractivity contribution < 1.29 is 9.90 Å². The first kappa shape index (κ1) is 14.1. The van der Waals surface area contributed by atoms with Gasteiger partial charge in [-0.2, -0.15) is 0 Å². The molecule has 0 aliphatic heterocycles. The summed E-state index contributed by atoms with van der Waals surface area (Å²) in [6.07, 6.45) is 4.40. The molecule has 0 amide bonds. The maximum Gasteiger partial charge on any atom is 0.159 e. The summed E-state index contributed by atoms with van der Waals surface area (Å²) in [5, 5.41) is 13.2. The maximum absolute atomic E-state index is 11.2. The second-order valence-corrected chi connectivity index (χ2v) is 5.90. The van der Waals surface area contributed by atoms with Gasteiger partial charge < -0.3 is 10.4 Å². The summed E-state index contributed by atoms with van der Waals surface area (Å²) < 4.78 is 0. The van der Waals surface area contributed by atoms with Crippen molar-refractivity contribution in [1.82, 2.24) is 0 Å². The third kappa shape index (κ3) is 3.35. The zero-order chi connectivity index (χ0) is 13.9. The minimum absolute atomic E-state index is 0.0784. The molecule has 2 N–H and O–H groups in total. The maximum atomic E-state index is 11.2. The van der Waals surface area contributed by atoms with Gasteiger partial charge in [-0.1, -0.05) is 19.8 Å². The molecule has 104 valence electrons. The third-order valence-electron chi connectivity index (χ3n) is 4.10. The molecule has 1 aliphatic rings. The number of aliphatic hydroxyl groups excluding tert-OH is 1. The average Bonchev–Trinajstić information content (AvgIpc) is 2.39. The number of nitrogens with one attached hydrogen (secondary N) is 1. The fraction of sp³-hybridized carbons (Fsp3) is 0.562. The number of rotatable bonds is 4. The van der Waals surface area contributed by atoms with Crippen molar-refractivity contribution in [3.05, 3.63) is 29.8 Å². The second-order valence-electron chi connectivity index (χ2n) is 5.90. The number of carbonyl (C=O) groups is 1. The first-order valence-corrected chi connectivity index (χ1v) is 7.05. The summed E-state index contributed by atoms with van der Waals surface area (Å²) >= 11 is 0. The Morgan fingerprint density at radius 1 is 1.42 bits per heavy atom. The number of benzene rings is 1. The first-order valence-electron chi connectivity index (χ1n) is 7.05. The van der Waals surface area contributed by atoms with Gasteiger partial charge in [0.05, 0.1) is 12.1 Å². The van der Waals surface area contributed by atoms with Gasteiger partial charge in [0.2, 0.25) is 0 Å². The molecular formula is C16H23NO2. The molecule has 1 fully saturated rings. The smallest absolute Gasteiger partial charge is 0.159 e. The van der Waals surface area contributed by atoms with Gasteiger partial charge in [0.15, 0.2) is 5.78 Å². The summed E-state index contributed by atoms with van der Waals surface area (Å²) in [5.74, 6) is 0.722. The number of ketones is 1. The molecule has 19 heavy (non-hydrogen) atoms. The molecule has 2 atom stereocenters. The minimum Gasteiger partial charge on any atom is -0.394 e. The quantitative estimate of drug-likeness (QED) is 0.818. The van der Waals surface area contributed by atoms with E-state index in [9.17, 15) is 9.90 Å². The Bertz CT molecular complexity index is 441. The summed E-state index contributed by atoms with van der Waals surface area (Å²) in [5.41, 5.74) is 1.50. The number of aliphatic hydroxyl groups is 1. The van der Waals surface area contributed by atoms with Crippen LogP contribution < -0.4 is 5.32 Å². The van der Waals surface area contributed by atoms with E-state index in [1.807, 2.05) is 24.3 Å². The molecule has 0 spiro atoms. The van der Waals surface area contributed by atoms with Crippen LogP contribution in [0.4, 0.5) is 5.69 Å². The van der Waals surface area contributed by atoms with E-state index in [0.717, 1.165) is 30.5 Å². The van der Waals surface area contributed by atoms with Crippen LogP contribution in [-0.4, -0.2) is 23.0 Å². The molecule has 3 nitrogen and oxygen atoms in total. The highest BCUT2D eigenvalue weighted by atomic mass is 16.3. The van der Waals surface area contributed by atoms with Gasteiger partial charge in [-0.15, -0.1) is 0 Å². The lowest BCUT2D eigenvalue weighted by atomic mass is 9.76. The van der Waals surface area contributed by atoms with Crippen molar-refractivity contribution in [3.8, 4) is 0 Å². The molecule has 0 radical (unpaired) electrons. The molecule has 0 aromatic heterocycles. The summed E-state index contributed by atoms with van der Waals surface area (Å²) in [6, 6.07) is 7.52. The fourth-order valence-electron chi connectivity index (χ4n) is 3.05. The molecule has 1 aromatic carbocycles. The molecule has 1 saturated carbocycles. The van der Waals surface area contributed by atoms with E-state index in [1.54, 1.807) is 6.92 Å². The van der Waals surface area contributed by atoms with Crippen LogP contribution in [0.1, 0.15) is 49.9 Å². The molecule has 2 rings (SSSR count). The number of carbonyl (C=O) groups excluding carboxylic acids is 1. The molecule has 2 unspecified atom stereocenters. The highest BCUT2D eigenvalue weighted by Crippen LogP contribution is 2.34. The average molecular weight is 261 g/mol. The minimum atomic E-state index is -0.199. The van der Waals surface area contributed by atoms with E-state index in [-0.39, 0.29) is 17.9 Å². The fourth-order valence-corrected chi connectivity index (χ4v) is 3.05. The predicted octanol–water partition coefficient (Wildman–Crippen LogP) is 3.24. The highest BCUT2D eigenvalue weighted by molar-refractivity contribution is 5.94. The zero-order valence-corrected chi connectivity index (χ0v) is 11.8. The molecule has 0 bridgehead atoms. The van der Waals surface area contributed by atoms with Crippen molar-refractivity contribution in [2.24, 2.45) is 5.92 Å². The van der Waals surface area contributed by atoms with Crippen molar-refractivity contribution in [1.29, 1.82) is 0 Å². The Morgan fingerprint density at radius 2 is 2.11 bits per heavy atom. The Hall–Kier alpha value is -1.35. The molecular weight excluding hydrogens is 238 g/mol. The van der Waals surface area contributed by atoms with Gasteiger partial charge in [0.1, 0.15) is 0 Å². The van der Waals surface area contributed by atoms with Gasteiger partial charge in [0, 0.05) is 11.3 Å². The zero-order valence-electron chi connectivity index (χ0n) is 11.8. The Labute approximate surface area is 115 Å². The molecule has 0 saturated heterocycles. The van der Waals surface area contributed by atoms with Gasteiger partial charge in [0.25, 0.3) is 0 Å². The van der Waals surface area contributed by atoms with Crippen LogP contribution in [0.5, 0.6) is 0 Å². The van der Waals surface area contributed by atoms with E-state index in [2.05, 4.69) is 12.2 Å². The van der Waals surface area contributed by atoms with Gasteiger partial charge in [-0.05, 0) is 49.9 Å². The van der Waals surface area contributed by atoms with Crippen molar-refractivity contribution in [2.45, 2.75) is 45.1 Å². The van der Waals surface area contributed by atoms with E-state index in [0.29, 0.717) is 5.92 Å².